The molecule has 3 N–H and O–H groups in total. The molecule has 0 saturated carbocycles. The zero-order valence-electron chi connectivity index (χ0n) is 19.3. The molecule has 2 rings (SSSR count). The molecule has 33 heavy (non-hydrogen) atoms. The third kappa shape index (κ3) is 8.69. The van der Waals surface area contributed by atoms with Crippen LogP contribution in [0.3, 0.4) is 0 Å². The van der Waals surface area contributed by atoms with Gasteiger partial charge in [-0.2, -0.15) is 11.8 Å². The van der Waals surface area contributed by atoms with Gasteiger partial charge in [0.25, 0.3) is 17.7 Å². The molecule has 0 radical (unpaired) electrons. The standard InChI is InChI=1S/C24H32N4O4S/c1-4-28(5-2)19-13-11-18(12-14-19)23(30)26-27-24(31)21(15-16-33-3)25-22(29)17-32-20-9-7-6-8-10-20/h6-14,21H,4-5,15-17H2,1-3H3,(H,25,29)(H,26,30)(H,27,31). The van der Waals surface area contributed by atoms with Gasteiger partial charge in [-0.15, -0.1) is 0 Å². The Morgan fingerprint density at radius 2 is 1.64 bits per heavy atom. The van der Waals surface area contributed by atoms with Crippen molar-refractivity contribution in [1.82, 2.24) is 16.2 Å². The van der Waals surface area contributed by atoms with Crippen LogP contribution in [0.5, 0.6) is 5.75 Å². The Bertz CT molecular complexity index is 889. The van der Waals surface area contributed by atoms with Crippen LogP contribution < -0.4 is 25.8 Å². The zero-order chi connectivity index (χ0) is 24.1. The van der Waals surface area contributed by atoms with Crippen molar-refractivity contribution >= 4 is 35.2 Å². The Morgan fingerprint density at radius 1 is 0.970 bits per heavy atom. The highest BCUT2D eigenvalue weighted by atomic mass is 32.2. The number of anilines is 1. The van der Waals surface area contributed by atoms with E-state index in [0.717, 1.165) is 18.8 Å². The Kier molecular flexibility index (Phi) is 11.1. The molecule has 0 aromatic heterocycles. The predicted octanol–water partition coefficient (Wildman–Crippen LogP) is 2.61. The van der Waals surface area contributed by atoms with Crippen molar-refractivity contribution < 1.29 is 19.1 Å². The Morgan fingerprint density at radius 3 is 2.24 bits per heavy atom. The minimum atomic E-state index is -0.797. The molecular formula is C24H32N4O4S. The number of benzene rings is 2. The molecule has 8 nitrogen and oxygen atoms in total. The first-order valence-corrected chi connectivity index (χ1v) is 12.3. The highest BCUT2D eigenvalue weighted by Crippen LogP contribution is 2.14. The van der Waals surface area contributed by atoms with Crippen molar-refractivity contribution in [3.8, 4) is 5.75 Å². The third-order valence-corrected chi connectivity index (χ3v) is 5.58. The molecule has 0 saturated heterocycles. The topological polar surface area (TPSA) is 99.8 Å². The minimum Gasteiger partial charge on any atom is -0.484 e. The lowest BCUT2D eigenvalue weighted by atomic mass is 10.2. The van der Waals surface area contributed by atoms with Gasteiger partial charge in [-0.1, -0.05) is 18.2 Å². The van der Waals surface area contributed by atoms with Crippen LogP contribution in [0.25, 0.3) is 0 Å². The van der Waals surface area contributed by atoms with Gasteiger partial charge in [0.15, 0.2) is 6.61 Å². The van der Waals surface area contributed by atoms with Gasteiger partial charge in [-0.3, -0.25) is 25.2 Å². The van der Waals surface area contributed by atoms with E-state index in [2.05, 4.69) is 34.9 Å². The molecule has 0 aliphatic rings. The second kappa shape index (κ2) is 14.1. The number of hydrogen-bond donors (Lipinski definition) is 3. The summed E-state index contributed by atoms with van der Waals surface area (Å²) >= 11 is 1.56. The van der Waals surface area contributed by atoms with Crippen LogP contribution in [0, 0.1) is 0 Å². The number of nitrogens with zero attached hydrogens (tertiary/aromatic N) is 1. The third-order valence-electron chi connectivity index (χ3n) is 4.93. The number of carbonyl (C=O) groups excluding carboxylic acids is 3. The monoisotopic (exact) mass is 472 g/mol. The van der Waals surface area contributed by atoms with Crippen molar-refractivity contribution in [1.29, 1.82) is 0 Å². The molecule has 0 aliphatic heterocycles. The van der Waals surface area contributed by atoms with E-state index in [0.29, 0.717) is 23.5 Å². The van der Waals surface area contributed by atoms with Crippen LogP contribution in [-0.4, -0.2) is 55.5 Å². The lowest BCUT2D eigenvalue weighted by Gasteiger charge is -2.21. The van der Waals surface area contributed by atoms with E-state index in [1.165, 1.54) is 0 Å². The molecule has 3 amide bonds. The fourth-order valence-electron chi connectivity index (χ4n) is 3.10. The predicted molar refractivity (Wildman–Crippen MR) is 132 cm³/mol. The molecule has 0 bridgehead atoms. The molecule has 0 spiro atoms. The van der Waals surface area contributed by atoms with Crippen molar-refractivity contribution in [2.75, 3.05) is 36.6 Å². The van der Waals surface area contributed by atoms with E-state index in [1.807, 2.05) is 36.6 Å². The SMILES string of the molecule is CCN(CC)c1ccc(C(=O)NNC(=O)C(CCSC)NC(=O)COc2ccccc2)cc1. The molecular weight excluding hydrogens is 440 g/mol. The van der Waals surface area contributed by atoms with Gasteiger partial charge in [0.2, 0.25) is 0 Å². The number of ether oxygens (including phenoxy) is 1. The van der Waals surface area contributed by atoms with E-state index in [4.69, 9.17) is 4.74 Å². The maximum Gasteiger partial charge on any atom is 0.269 e. The smallest absolute Gasteiger partial charge is 0.269 e. The van der Waals surface area contributed by atoms with Gasteiger partial charge in [0.1, 0.15) is 11.8 Å². The highest BCUT2D eigenvalue weighted by molar-refractivity contribution is 7.98. The molecule has 9 heteroatoms. The molecule has 0 aliphatic carbocycles. The summed E-state index contributed by atoms with van der Waals surface area (Å²) in [5.74, 6) is -0.115. The number of hydrazine groups is 1. The minimum absolute atomic E-state index is 0.210. The lowest BCUT2D eigenvalue weighted by molar-refractivity contribution is -0.130. The van der Waals surface area contributed by atoms with E-state index in [9.17, 15) is 14.4 Å². The van der Waals surface area contributed by atoms with E-state index in [-0.39, 0.29) is 6.61 Å². The van der Waals surface area contributed by atoms with Crippen LogP contribution >= 0.6 is 11.8 Å². The molecule has 178 valence electrons. The summed E-state index contributed by atoms with van der Waals surface area (Å²) in [6, 6.07) is 15.3. The summed E-state index contributed by atoms with van der Waals surface area (Å²) in [5, 5.41) is 2.67. The maximum atomic E-state index is 12.6. The second-order valence-electron chi connectivity index (χ2n) is 7.17. The number of hydrogen-bond acceptors (Lipinski definition) is 6. The summed E-state index contributed by atoms with van der Waals surface area (Å²) in [7, 11) is 0. The van der Waals surface area contributed by atoms with Gasteiger partial charge in [-0.05, 0) is 68.7 Å². The molecule has 1 unspecified atom stereocenters. The summed E-state index contributed by atoms with van der Waals surface area (Å²) in [6.45, 7) is 5.67. The Hall–Kier alpha value is -3.20. The molecule has 2 aromatic carbocycles. The number of para-hydroxylation sites is 1. The second-order valence-corrected chi connectivity index (χ2v) is 8.15. The molecule has 0 heterocycles. The lowest BCUT2D eigenvalue weighted by Crippen LogP contribution is -2.53. The van der Waals surface area contributed by atoms with Crippen molar-refractivity contribution in [2.45, 2.75) is 26.3 Å². The van der Waals surface area contributed by atoms with Crippen molar-refractivity contribution in [2.24, 2.45) is 0 Å². The summed E-state index contributed by atoms with van der Waals surface area (Å²) in [5.41, 5.74) is 6.29. The van der Waals surface area contributed by atoms with Crippen LogP contribution in [0.4, 0.5) is 5.69 Å². The van der Waals surface area contributed by atoms with Crippen LogP contribution in [-0.2, 0) is 9.59 Å². The number of carbonyl (C=O) groups is 3. The fraction of sp³-hybridized carbons (Fsp3) is 0.375. The van der Waals surface area contributed by atoms with Crippen LogP contribution in [0.1, 0.15) is 30.6 Å². The highest BCUT2D eigenvalue weighted by Gasteiger charge is 2.21. The van der Waals surface area contributed by atoms with Crippen LogP contribution in [0.15, 0.2) is 54.6 Å². The average Bonchev–Trinajstić information content (AvgIpc) is 2.85. The number of nitrogens with one attached hydrogen (secondary N) is 3. The number of amides is 3. The van der Waals surface area contributed by atoms with E-state index < -0.39 is 23.8 Å². The molecule has 2 aromatic rings. The van der Waals surface area contributed by atoms with Crippen molar-refractivity contribution in [3.05, 3.63) is 60.2 Å². The van der Waals surface area contributed by atoms with E-state index >= 15 is 0 Å². The number of rotatable bonds is 12. The number of thioether (sulfide) groups is 1. The van der Waals surface area contributed by atoms with Gasteiger partial charge in [-0.25, -0.2) is 0 Å². The summed E-state index contributed by atoms with van der Waals surface area (Å²) < 4.78 is 5.43. The van der Waals surface area contributed by atoms with Gasteiger partial charge in [0, 0.05) is 24.3 Å². The maximum absolute atomic E-state index is 12.6. The average molecular weight is 473 g/mol. The first-order valence-electron chi connectivity index (χ1n) is 10.9. The summed E-state index contributed by atoms with van der Waals surface area (Å²) in [6.07, 6.45) is 2.33. The molecule has 1 atom stereocenters. The first kappa shape index (κ1) is 26.1. The van der Waals surface area contributed by atoms with Crippen LogP contribution in [0.2, 0.25) is 0 Å². The largest absolute Gasteiger partial charge is 0.484 e. The quantitative estimate of drug-likeness (QED) is 0.411. The van der Waals surface area contributed by atoms with Crippen molar-refractivity contribution in [3.63, 3.8) is 0 Å². The van der Waals surface area contributed by atoms with Gasteiger partial charge in [0.05, 0.1) is 0 Å². The van der Waals surface area contributed by atoms with Gasteiger partial charge < -0.3 is 15.0 Å². The fourth-order valence-corrected chi connectivity index (χ4v) is 3.57. The van der Waals surface area contributed by atoms with Gasteiger partial charge >= 0.3 is 0 Å². The van der Waals surface area contributed by atoms with E-state index in [1.54, 1.807) is 36.0 Å². The Balaban J connectivity index is 1.88. The zero-order valence-corrected chi connectivity index (χ0v) is 20.1. The Labute approximate surface area is 199 Å². The molecule has 0 fully saturated rings. The first-order chi connectivity index (χ1) is 16.0. The normalized spacial score (nSPS) is 11.2. The summed E-state index contributed by atoms with van der Waals surface area (Å²) in [4.78, 5) is 39.5.